The quantitative estimate of drug-likeness (QED) is 0.0157. The topological polar surface area (TPSA) is 169 Å². The summed E-state index contributed by atoms with van der Waals surface area (Å²) in [5.74, 6) is -0.459. The molecule has 0 aromatic heterocycles. The lowest BCUT2D eigenvalue weighted by Crippen LogP contribution is -2.30. The van der Waals surface area contributed by atoms with Crippen molar-refractivity contribution in [3.63, 3.8) is 0 Å². The minimum absolute atomic E-state index is 0.103. The van der Waals surface area contributed by atoms with E-state index in [1.807, 2.05) is 12.2 Å². The van der Waals surface area contributed by atoms with E-state index in [9.17, 15) is 29.3 Å². The van der Waals surface area contributed by atoms with Crippen molar-refractivity contribution >= 4 is 19.8 Å². The van der Waals surface area contributed by atoms with Crippen LogP contribution in [-0.2, 0) is 32.7 Å². The minimum atomic E-state index is -4.67. The average Bonchev–Trinajstić information content (AvgIpc) is 3.15. The van der Waals surface area contributed by atoms with Crippen LogP contribution in [0.2, 0.25) is 0 Å². The number of phosphoric acid groups is 1. The fourth-order valence-electron chi connectivity index (χ4n) is 4.99. The predicted octanol–water partition coefficient (Wildman–Crippen LogP) is 9.32. The summed E-state index contributed by atoms with van der Waals surface area (Å²) >= 11 is 0. The maximum absolute atomic E-state index is 12.6. The number of aliphatic hydroxyl groups is 3. The monoisotopic (exact) mass is 796 g/mol. The molecule has 0 radical (unpaired) electrons. The second-order valence-electron chi connectivity index (χ2n) is 14.0. The third-order valence-electron chi connectivity index (χ3n) is 8.17. The maximum Gasteiger partial charge on any atom is 0.472 e. The summed E-state index contributed by atoms with van der Waals surface area (Å²) < 4.78 is 32.4. The number of ether oxygens (including phenoxy) is 2. The van der Waals surface area contributed by atoms with Gasteiger partial charge in [0, 0.05) is 12.8 Å². The molecule has 4 atom stereocenters. The van der Waals surface area contributed by atoms with E-state index in [-0.39, 0.29) is 19.3 Å². The minimum Gasteiger partial charge on any atom is -0.462 e. The van der Waals surface area contributed by atoms with Gasteiger partial charge in [0.05, 0.1) is 25.9 Å². The van der Waals surface area contributed by atoms with Crippen molar-refractivity contribution in [2.45, 2.75) is 155 Å². The molecule has 12 heteroatoms. The first-order valence-electron chi connectivity index (χ1n) is 20.4. The Hall–Kier alpha value is -2.63. The third kappa shape index (κ3) is 38.0. The van der Waals surface area contributed by atoms with Crippen LogP contribution >= 0.6 is 7.82 Å². The van der Waals surface area contributed by atoms with E-state index in [1.54, 1.807) is 12.2 Å². The van der Waals surface area contributed by atoms with Gasteiger partial charge in [0.1, 0.15) is 12.7 Å². The van der Waals surface area contributed by atoms with Gasteiger partial charge in [0.25, 0.3) is 0 Å². The van der Waals surface area contributed by atoms with E-state index in [0.29, 0.717) is 6.42 Å². The first-order chi connectivity index (χ1) is 26.5. The number of carbonyl (C=O) groups excluding carboxylic acids is 2. The molecular formula is C43H73O11P. The molecule has 0 aliphatic heterocycles. The Morgan fingerprint density at radius 2 is 1.16 bits per heavy atom. The Labute approximate surface area is 331 Å². The van der Waals surface area contributed by atoms with E-state index in [4.69, 9.17) is 19.1 Å². The van der Waals surface area contributed by atoms with Gasteiger partial charge in [-0.3, -0.25) is 18.6 Å². The number of hydrogen-bond donors (Lipinski definition) is 4. The zero-order chi connectivity index (χ0) is 40.8. The Morgan fingerprint density at radius 3 is 1.73 bits per heavy atom. The van der Waals surface area contributed by atoms with Gasteiger partial charge in [-0.25, -0.2) is 4.57 Å². The lowest BCUT2D eigenvalue weighted by Gasteiger charge is -2.20. The molecule has 0 rings (SSSR count). The van der Waals surface area contributed by atoms with Crippen LogP contribution in [0.5, 0.6) is 0 Å². The highest BCUT2D eigenvalue weighted by molar-refractivity contribution is 7.47. The molecule has 0 aliphatic carbocycles. The van der Waals surface area contributed by atoms with Crippen LogP contribution < -0.4 is 0 Å². The average molecular weight is 797 g/mol. The van der Waals surface area contributed by atoms with E-state index >= 15 is 0 Å². The molecule has 55 heavy (non-hydrogen) atoms. The molecule has 2 unspecified atom stereocenters. The Kier molecular flexibility index (Phi) is 35.2. The summed E-state index contributed by atoms with van der Waals surface area (Å²) in [4.78, 5) is 34.9. The summed E-state index contributed by atoms with van der Waals surface area (Å²) in [5.41, 5.74) is 0. The standard InChI is InChI=1S/C43H73O11P/c1-4-5-6-7-8-9-10-11-12-13-14-15-18-21-24-27-30-39(45)32-33-42(47)51-36-41(37-53-55(49,50)52-35-40(46)34-44)54-43(48)31-28-25-22-19-16-17-20-23-26-29-38(2)3/h5-6,8-9,11-12,14-15,21,24,27,30,38-41,44-46H,4,7,10,13,16-20,22-23,25-26,28-29,31-37H2,1-3H3,(H,49,50)/b6-5-,9-8-,12-11-,15-14-,24-21-,30-27-/t39?,40-,41+/m0/s1. The van der Waals surface area contributed by atoms with Crippen LogP contribution in [0.1, 0.15) is 136 Å². The van der Waals surface area contributed by atoms with Gasteiger partial charge < -0.3 is 29.7 Å². The molecule has 0 saturated carbocycles. The van der Waals surface area contributed by atoms with Crippen LogP contribution in [0.15, 0.2) is 72.9 Å². The number of aliphatic hydroxyl groups excluding tert-OH is 3. The van der Waals surface area contributed by atoms with Gasteiger partial charge in [-0.05, 0) is 50.9 Å². The normalized spacial score (nSPS) is 15.3. The smallest absolute Gasteiger partial charge is 0.462 e. The lowest BCUT2D eigenvalue weighted by atomic mass is 10.0. The molecule has 11 nitrogen and oxygen atoms in total. The highest BCUT2D eigenvalue weighted by Gasteiger charge is 2.27. The molecule has 0 aromatic carbocycles. The SMILES string of the molecule is CC/C=C\C/C=C\C/C=C\C/C=C\C/C=C\C=C/C(O)CCC(=O)OC[C@H](COP(=O)(O)OC[C@@H](O)CO)OC(=O)CCCCCCCCCCCC(C)C. The largest absolute Gasteiger partial charge is 0.472 e. The highest BCUT2D eigenvalue weighted by Crippen LogP contribution is 2.43. The number of esters is 2. The predicted molar refractivity (Wildman–Crippen MR) is 220 cm³/mol. The zero-order valence-corrected chi connectivity index (χ0v) is 34.8. The summed E-state index contributed by atoms with van der Waals surface area (Å²) in [7, 11) is -4.67. The second-order valence-corrected chi connectivity index (χ2v) is 15.4. The molecular weight excluding hydrogens is 723 g/mol. The Balaban J connectivity index is 4.58. The molecule has 0 saturated heterocycles. The van der Waals surface area contributed by atoms with E-state index in [0.717, 1.165) is 57.3 Å². The lowest BCUT2D eigenvalue weighted by molar-refractivity contribution is -0.161. The third-order valence-corrected chi connectivity index (χ3v) is 9.12. The van der Waals surface area contributed by atoms with Crippen LogP contribution in [0.4, 0.5) is 0 Å². The fraction of sp³-hybridized carbons (Fsp3) is 0.674. The van der Waals surface area contributed by atoms with Gasteiger partial charge in [0.2, 0.25) is 0 Å². The van der Waals surface area contributed by atoms with Crippen molar-refractivity contribution < 1.29 is 52.9 Å². The maximum atomic E-state index is 12.6. The highest BCUT2D eigenvalue weighted by atomic mass is 31.2. The number of hydrogen-bond acceptors (Lipinski definition) is 10. The van der Waals surface area contributed by atoms with Crippen molar-refractivity contribution in [2.75, 3.05) is 26.4 Å². The number of unbranched alkanes of at least 4 members (excludes halogenated alkanes) is 8. The van der Waals surface area contributed by atoms with Gasteiger partial charge >= 0.3 is 19.8 Å². The van der Waals surface area contributed by atoms with Crippen molar-refractivity contribution in [3.05, 3.63) is 72.9 Å². The summed E-state index contributed by atoms with van der Waals surface area (Å²) in [5, 5.41) is 28.5. The van der Waals surface area contributed by atoms with E-state index in [1.165, 1.54) is 38.5 Å². The molecule has 316 valence electrons. The number of allylic oxidation sites excluding steroid dienone is 11. The zero-order valence-electron chi connectivity index (χ0n) is 33.9. The first kappa shape index (κ1) is 52.4. The molecule has 0 bridgehead atoms. The van der Waals surface area contributed by atoms with Crippen molar-refractivity contribution in [2.24, 2.45) is 5.92 Å². The van der Waals surface area contributed by atoms with Gasteiger partial charge in [-0.15, -0.1) is 0 Å². The molecule has 0 amide bonds. The van der Waals surface area contributed by atoms with Crippen molar-refractivity contribution in [3.8, 4) is 0 Å². The molecule has 0 spiro atoms. The Bertz CT molecular complexity index is 1180. The molecule has 4 N–H and O–H groups in total. The van der Waals surface area contributed by atoms with Gasteiger partial charge in [-0.2, -0.15) is 0 Å². The summed E-state index contributed by atoms with van der Waals surface area (Å²) in [6, 6.07) is 0. The molecule has 0 fully saturated rings. The van der Waals surface area contributed by atoms with Crippen LogP contribution in [0.25, 0.3) is 0 Å². The second kappa shape index (κ2) is 37.0. The van der Waals surface area contributed by atoms with Gasteiger partial charge in [-0.1, -0.05) is 151 Å². The van der Waals surface area contributed by atoms with E-state index < -0.39 is 64.5 Å². The summed E-state index contributed by atoms with van der Waals surface area (Å²) in [6.45, 7) is 4.24. The Morgan fingerprint density at radius 1 is 0.636 bits per heavy atom. The molecule has 0 heterocycles. The van der Waals surface area contributed by atoms with Crippen LogP contribution in [0, 0.1) is 5.92 Å². The van der Waals surface area contributed by atoms with Crippen LogP contribution in [0.3, 0.4) is 0 Å². The number of rotatable bonds is 36. The molecule has 0 aromatic rings. The number of phosphoric ester groups is 1. The number of carbonyl (C=O) groups is 2. The first-order valence-corrected chi connectivity index (χ1v) is 21.9. The van der Waals surface area contributed by atoms with Crippen molar-refractivity contribution in [1.82, 2.24) is 0 Å². The van der Waals surface area contributed by atoms with Crippen molar-refractivity contribution in [1.29, 1.82) is 0 Å². The van der Waals surface area contributed by atoms with Crippen LogP contribution in [-0.4, -0.2) is 76.9 Å². The molecule has 0 aliphatic rings. The summed E-state index contributed by atoms with van der Waals surface area (Å²) in [6.07, 6.45) is 36.5. The van der Waals surface area contributed by atoms with E-state index in [2.05, 4.69) is 73.9 Å². The van der Waals surface area contributed by atoms with Gasteiger partial charge in [0.15, 0.2) is 6.10 Å². The fourth-order valence-corrected chi connectivity index (χ4v) is 5.78.